The predicted octanol–water partition coefficient (Wildman–Crippen LogP) is 2.65. The second kappa shape index (κ2) is 5.85. The maximum atomic E-state index is 12.4. The Balaban J connectivity index is 1.99. The highest BCUT2D eigenvalue weighted by Crippen LogP contribution is 2.24. The summed E-state index contributed by atoms with van der Waals surface area (Å²) in [5.74, 6) is 0.167. The zero-order chi connectivity index (χ0) is 13.1. The van der Waals surface area contributed by atoms with E-state index in [4.69, 9.17) is 5.73 Å². The minimum absolute atomic E-state index is 0.167. The maximum Gasteiger partial charge on any atom is 0.263 e. The number of aryl methyl sites for hydroxylation is 1. The van der Waals surface area contributed by atoms with Crippen molar-refractivity contribution in [3.05, 3.63) is 21.9 Å². The molecular weight excluding hydrogens is 244 g/mol. The summed E-state index contributed by atoms with van der Waals surface area (Å²) < 4.78 is 0. The Bertz CT molecular complexity index is 408. The topological polar surface area (TPSA) is 46.3 Å². The van der Waals surface area contributed by atoms with Crippen LogP contribution in [0.3, 0.4) is 0 Å². The maximum absolute atomic E-state index is 12.4. The minimum Gasteiger partial charge on any atom is -0.338 e. The number of amides is 1. The van der Waals surface area contributed by atoms with Gasteiger partial charge in [-0.2, -0.15) is 0 Å². The molecule has 0 bridgehead atoms. The molecule has 1 amide bonds. The van der Waals surface area contributed by atoms with E-state index in [0.29, 0.717) is 12.1 Å². The third kappa shape index (κ3) is 2.93. The monoisotopic (exact) mass is 266 g/mol. The number of nitrogens with two attached hydrogens (primary N) is 1. The molecule has 2 rings (SSSR count). The molecule has 1 aliphatic carbocycles. The molecule has 3 nitrogen and oxygen atoms in total. The zero-order valence-corrected chi connectivity index (χ0v) is 12.0. The smallest absolute Gasteiger partial charge is 0.263 e. The fourth-order valence-electron chi connectivity index (χ4n) is 2.51. The van der Waals surface area contributed by atoms with Crippen LogP contribution in [0.25, 0.3) is 0 Å². The number of nitrogens with zero attached hydrogens (tertiary/aromatic N) is 1. The van der Waals surface area contributed by atoms with Gasteiger partial charge in [0.25, 0.3) is 5.91 Å². The van der Waals surface area contributed by atoms with Crippen LogP contribution in [0.5, 0.6) is 0 Å². The second-order valence-electron chi connectivity index (χ2n) is 5.10. The summed E-state index contributed by atoms with van der Waals surface area (Å²) in [5, 5.41) is 0. The number of rotatable bonds is 3. The molecule has 0 aliphatic heterocycles. The van der Waals surface area contributed by atoms with Gasteiger partial charge in [-0.25, -0.2) is 0 Å². The highest BCUT2D eigenvalue weighted by molar-refractivity contribution is 7.14. The van der Waals surface area contributed by atoms with Gasteiger partial charge in [-0.1, -0.05) is 6.92 Å². The first-order valence-electron chi connectivity index (χ1n) is 6.73. The lowest BCUT2D eigenvalue weighted by Crippen LogP contribution is -2.41. The highest BCUT2D eigenvalue weighted by atomic mass is 32.1. The van der Waals surface area contributed by atoms with Gasteiger partial charge in [-0.05, 0) is 44.2 Å². The van der Waals surface area contributed by atoms with E-state index in [9.17, 15) is 4.79 Å². The van der Waals surface area contributed by atoms with E-state index in [1.807, 2.05) is 18.0 Å². The molecule has 1 aromatic rings. The zero-order valence-electron chi connectivity index (χ0n) is 11.2. The lowest BCUT2D eigenvalue weighted by molar-refractivity contribution is 0.0695. The van der Waals surface area contributed by atoms with Gasteiger partial charge in [0.2, 0.25) is 0 Å². The summed E-state index contributed by atoms with van der Waals surface area (Å²) in [7, 11) is 1.93. The van der Waals surface area contributed by atoms with Crippen LogP contribution in [0.15, 0.2) is 12.1 Å². The van der Waals surface area contributed by atoms with Gasteiger partial charge in [0.15, 0.2) is 0 Å². The molecule has 1 fully saturated rings. The predicted molar refractivity (Wildman–Crippen MR) is 76.0 cm³/mol. The molecule has 1 heterocycles. The molecule has 2 N–H and O–H groups in total. The first kappa shape index (κ1) is 13.6. The molecular formula is C14H22N2OS. The van der Waals surface area contributed by atoms with Crippen molar-refractivity contribution < 1.29 is 4.79 Å². The Hall–Kier alpha value is -0.870. The number of hydrogen-bond acceptors (Lipinski definition) is 3. The minimum atomic E-state index is 0.167. The summed E-state index contributed by atoms with van der Waals surface area (Å²) in [6, 6.07) is 4.71. The average Bonchev–Trinajstić information content (AvgIpc) is 2.86. The normalized spacial score (nSPS) is 23.9. The van der Waals surface area contributed by atoms with Crippen molar-refractivity contribution in [3.63, 3.8) is 0 Å². The summed E-state index contributed by atoms with van der Waals surface area (Å²) >= 11 is 1.62. The molecule has 0 unspecified atom stereocenters. The van der Waals surface area contributed by atoms with Crippen molar-refractivity contribution in [3.8, 4) is 0 Å². The molecule has 100 valence electrons. The molecule has 1 aliphatic rings. The molecule has 0 saturated heterocycles. The van der Waals surface area contributed by atoms with E-state index in [1.54, 1.807) is 11.3 Å². The van der Waals surface area contributed by atoms with E-state index < -0.39 is 0 Å². The Morgan fingerprint density at radius 1 is 1.39 bits per heavy atom. The standard InChI is InChI=1S/C14H22N2OS/c1-3-12-8-9-13(18-12)14(17)16(2)11-6-4-10(15)5-7-11/h8-11H,3-7,15H2,1-2H3. The molecule has 0 spiro atoms. The molecule has 4 heteroatoms. The first-order valence-corrected chi connectivity index (χ1v) is 7.55. The lowest BCUT2D eigenvalue weighted by Gasteiger charge is -2.33. The van der Waals surface area contributed by atoms with Gasteiger partial charge in [0.1, 0.15) is 0 Å². The van der Waals surface area contributed by atoms with Crippen LogP contribution in [-0.2, 0) is 6.42 Å². The van der Waals surface area contributed by atoms with Gasteiger partial charge >= 0.3 is 0 Å². The van der Waals surface area contributed by atoms with Gasteiger partial charge < -0.3 is 10.6 Å². The van der Waals surface area contributed by atoms with Crippen LogP contribution in [0.1, 0.15) is 47.2 Å². The Labute approximate surface area is 113 Å². The van der Waals surface area contributed by atoms with Crippen molar-refractivity contribution in [2.75, 3.05) is 7.05 Å². The fraction of sp³-hybridized carbons (Fsp3) is 0.643. The summed E-state index contributed by atoms with van der Waals surface area (Å²) in [6.07, 6.45) is 5.14. The molecule has 0 aromatic carbocycles. The average molecular weight is 266 g/mol. The summed E-state index contributed by atoms with van der Waals surface area (Å²) in [6.45, 7) is 2.12. The van der Waals surface area contributed by atoms with Gasteiger partial charge in [-0.3, -0.25) is 4.79 Å². The van der Waals surface area contributed by atoms with E-state index >= 15 is 0 Å². The molecule has 1 saturated carbocycles. The summed E-state index contributed by atoms with van der Waals surface area (Å²) in [5.41, 5.74) is 5.90. The fourth-order valence-corrected chi connectivity index (χ4v) is 3.44. The van der Waals surface area contributed by atoms with Crippen molar-refractivity contribution >= 4 is 17.2 Å². The largest absolute Gasteiger partial charge is 0.338 e. The van der Waals surface area contributed by atoms with Crippen LogP contribution in [0.4, 0.5) is 0 Å². The SMILES string of the molecule is CCc1ccc(C(=O)N(C)C2CCC(N)CC2)s1. The quantitative estimate of drug-likeness (QED) is 0.914. The number of carbonyl (C=O) groups excluding carboxylic acids is 1. The van der Waals surface area contributed by atoms with E-state index in [0.717, 1.165) is 37.0 Å². The van der Waals surface area contributed by atoms with Gasteiger partial charge in [0, 0.05) is 24.0 Å². The third-order valence-electron chi connectivity index (χ3n) is 3.83. The number of carbonyl (C=O) groups is 1. The number of thiophene rings is 1. The third-order valence-corrected chi connectivity index (χ3v) is 5.05. The Morgan fingerprint density at radius 2 is 2.06 bits per heavy atom. The van der Waals surface area contributed by atoms with Crippen molar-refractivity contribution in [2.45, 2.75) is 51.1 Å². The molecule has 1 aromatic heterocycles. The Kier molecular flexibility index (Phi) is 4.40. The molecule has 18 heavy (non-hydrogen) atoms. The second-order valence-corrected chi connectivity index (χ2v) is 6.27. The summed E-state index contributed by atoms with van der Waals surface area (Å²) in [4.78, 5) is 16.4. The van der Waals surface area contributed by atoms with Crippen LogP contribution < -0.4 is 5.73 Å². The van der Waals surface area contributed by atoms with E-state index in [1.165, 1.54) is 4.88 Å². The van der Waals surface area contributed by atoms with Gasteiger partial charge in [-0.15, -0.1) is 11.3 Å². The molecule has 0 atom stereocenters. The van der Waals surface area contributed by atoms with Gasteiger partial charge in [0.05, 0.1) is 4.88 Å². The highest BCUT2D eigenvalue weighted by Gasteiger charge is 2.26. The van der Waals surface area contributed by atoms with Crippen LogP contribution in [0, 0.1) is 0 Å². The van der Waals surface area contributed by atoms with E-state index in [-0.39, 0.29) is 5.91 Å². The van der Waals surface area contributed by atoms with Crippen molar-refractivity contribution in [1.82, 2.24) is 4.90 Å². The molecule has 0 radical (unpaired) electrons. The van der Waals surface area contributed by atoms with Crippen molar-refractivity contribution in [1.29, 1.82) is 0 Å². The van der Waals surface area contributed by atoms with Crippen LogP contribution >= 0.6 is 11.3 Å². The van der Waals surface area contributed by atoms with Crippen molar-refractivity contribution in [2.24, 2.45) is 5.73 Å². The van der Waals surface area contributed by atoms with E-state index in [2.05, 4.69) is 13.0 Å². The lowest BCUT2D eigenvalue weighted by atomic mass is 9.91. The van der Waals surface area contributed by atoms with Crippen LogP contribution in [0.2, 0.25) is 0 Å². The number of hydrogen-bond donors (Lipinski definition) is 1. The first-order chi connectivity index (χ1) is 8.61. The Morgan fingerprint density at radius 3 is 2.61 bits per heavy atom. The van der Waals surface area contributed by atoms with Crippen LogP contribution in [-0.4, -0.2) is 29.9 Å².